The molecule has 3 nitrogen and oxygen atoms in total. The van der Waals surface area contributed by atoms with Gasteiger partial charge in [-0.2, -0.15) is 0 Å². The van der Waals surface area contributed by atoms with Crippen LogP contribution in [0.3, 0.4) is 0 Å². The highest BCUT2D eigenvalue weighted by atomic mass is 35.5. The molecule has 0 saturated carbocycles. The van der Waals surface area contributed by atoms with E-state index in [0.29, 0.717) is 16.6 Å². The number of benzene rings is 2. The van der Waals surface area contributed by atoms with Gasteiger partial charge in [0.25, 0.3) is 0 Å². The number of carboxylic acid groups (broad SMARTS) is 1. The normalized spacial score (nSPS) is 11.0. The van der Waals surface area contributed by atoms with E-state index in [0.717, 1.165) is 16.5 Å². The van der Waals surface area contributed by atoms with Gasteiger partial charge in [-0.15, -0.1) is 0 Å². The molecule has 2 aromatic carbocycles. The summed E-state index contributed by atoms with van der Waals surface area (Å²) < 4.78 is 2.02. The highest BCUT2D eigenvalue weighted by Gasteiger charge is 2.08. The maximum Gasteiger partial charge on any atom is 0.335 e. The molecule has 0 amide bonds. The lowest BCUT2D eigenvalue weighted by atomic mass is 10.1. The van der Waals surface area contributed by atoms with Crippen LogP contribution in [0.2, 0.25) is 10.0 Å². The number of carbonyl (C=O) groups is 1. The number of hydrogen-bond acceptors (Lipinski definition) is 1. The Morgan fingerprint density at radius 3 is 2.62 bits per heavy atom. The van der Waals surface area contributed by atoms with Crippen molar-refractivity contribution in [3.8, 4) is 0 Å². The molecule has 0 fully saturated rings. The van der Waals surface area contributed by atoms with Crippen molar-refractivity contribution < 1.29 is 9.90 Å². The third-order valence-corrected chi connectivity index (χ3v) is 3.96. The maximum absolute atomic E-state index is 11.0. The van der Waals surface area contributed by atoms with Crippen LogP contribution in [0.5, 0.6) is 0 Å². The first-order valence-corrected chi connectivity index (χ1v) is 7.06. The van der Waals surface area contributed by atoms with E-state index in [1.165, 1.54) is 0 Å². The fraction of sp³-hybridized carbons (Fsp3) is 0.0625. The summed E-state index contributed by atoms with van der Waals surface area (Å²) in [7, 11) is 0. The number of rotatable bonds is 3. The lowest BCUT2D eigenvalue weighted by molar-refractivity contribution is 0.0697. The zero-order valence-electron chi connectivity index (χ0n) is 10.9. The molecular weight excluding hydrogens is 309 g/mol. The van der Waals surface area contributed by atoms with Gasteiger partial charge in [0, 0.05) is 33.7 Å². The second kappa shape index (κ2) is 5.43. The van der Waals surface area contributed by atoms with E-state index in [4.69, 9.17) is 28.3 Å². The number of nitrogens with zero attached hydrogens (tertiary/aromatic N) is 1. The number of fused-ring (bicyclic) bond motifs is 1. The van der Waals surface area contributed by atoms with Gasteiger partial charge in [-0.3, -0.25) is 0 Å². The summed E-state index contributed by atoms with van der Waals surface area (Å²) in [6, 6.07) is 12.4. The van der Waals surface area contributed by atoms with Crippen LogP contribution in [0.4, 0.5) is 0 Å². The van der Waals surface area contributed by atoms with Crippen molar-refractivity contribution in [3.63, 3.8) is 0 Å². The SMILES string of the molecule is O=C(O)c1ccc2c(ccn2Cc2ccc(Cl)cc2Cl)c1. The summed E-state index contributed by atoms with van der Waals surface area (Å²) in [5, 5.41) is 11.1. The first-order chi connectivity index (χ1) is 10.0. The standard InChI is InChI=1S/C16H11Cl2NO2/c17-13-3-1-12(14(18)8-13)9-19-6-5-10-7-11(16(20)21)2-4-15(10)19/h1-8H,9H2,(H,20,21). The quantitative estimate of drug-likeness (QED) is 0.760. The van der Waals surface area contributed by atoms with Crippen molar-refractivity contribution in [2.45, 2.75) is 6.54 Å². The number of carboxylic acids is 1. The van der Waals surface area contributed by atoms with Gasteiger partial charge < -0.3 is 9.67 Å². The predicted molar refractivity (Wildman–Crippen MR) is 84.5 cm³/mol. The summed E-state index contributed by atoms with van der Waals surface area (Å²) in [5.74, 6) is -0.926. The molecule has 0 unspecified atom stereocenters. The minimum absolute atomic E-state index is 0.282. The molecule has 0 aliphatic heterocycles. The van der Waals surface area contributed by atoms with Crippen LogP contribution in [-0.2, 0) is 6.54 Å². The minimum atomic E-state index is -0.926. The van der Waals surface area contributed by atoms with Crippen LogP contribution in [0.15, 0.2) is 48.7 Å². The van der Waals surface area contributed by atoms with Crippen LogP contribution in [-0.4, -0.2) is 15.6 Å². The Labute approximate surface area is 131 Å². The Hall–Kier alpha value is -1.97. The maximum atomic E-state index is 11.0. The van der Waals surface area contributed by atoms with Gasteiger partial charge in [-0.25, -0.2) is 4.79 Å². The van der Waals surface area contributed by atoms with Crippen molar-refractivity contribution in [1.29, 1.82) is 0 Å². The van der Waals surface area contributed by atoms with Gasteiger partial charge in [0.15, 0.2) is 0 Å². The minimum Gasteiger partial charge on any atom is -0.478 e. The van der Waals surface area contributed by atoms with E-state index >= 15 is 0 Å². The first kappa shape index (κ1) is 14.0. The van der Waals surface area contributed by atoms with Gasteiger partial charge in [-0.1, -0.05) is 29.3 Å². The number of halogens is 2. The van der Waals surface area contributed by atoms with Crippen LogP contribution < -0.4 is 0 Å². The van der Waals surface area contributed by atoms with Gasteiger partial charge in [0.1, 0.15) is 0 Å². The molecule has 3 rings (SSSR count). The molecule has 0 spiro atoms. The molecule has 3 aromatic rings. The molecule has 0 bridgehead atoms. The summed E-state index contributed by atoms with van der Waals surface area (Å²) in [6.07, 6.45) is 1.92. The van der Waals surface area contributed by atoms with Crippen molar-refractivity contribution >= 4 is 40.1 Å². The monoisotopic (exact) mass is 319 g/mol. The highest BCUT2D eigenvalue weighted by molar-refractivity contribution is 6.35. The number of aromatic nitrogens is 1. The van der Waals surface area contributed by atoms with Crippen LogP contribution in [0.25, 0.3) is 10.9 Å². The third kappa shape index (κ3) is 2.75. The average Bonchev–Trinajstić information content (AvgIpc) is 2.84. The lowest BCUT2D eigenvalue weighted by Gasteiger charge is -2.08. The zero-order chi connectivity index (χ0) is 15.0. The molecule has 0 aliphatic rings. The Morgan fingerprint density at radius 2 is 1.90 bits per heavy atom. The highest BCUT2D eigenvalue weighted by Crippen LogP contribution is 2.24. The summed E-state index contributed by atoms with van der Waals surface area (Å²) >= 11 is 12.1. The first-order valence-electron chi connectivity index (χ1n) is 6.31. The van der Waals surface area contributed by atoms with Crippen molar-refractivity contribution in [3.05, 3.63) is 69.8 Å². The van der Waals surface area contributed by atoms with Gasteiger partial charge in [0.2, 0.25) is 0 Å². The predicted octanol–water partition coefficient (Wildman–Crippen LogP) is 4.69. The Kier molecular flexibility index (Phi) is 3.62. The average molecular weight is 320 g/mol. The van der Waals surface area contributed by atoms with Crippen molar-refractivity contribution in [2.75, 3.05) is 0 Å². The van der Waals surface area contributed by atoms with Crippen LogP contribution in [0.1, 0.15) is 15.9 Å². The molecule has 1 N–H and O–H groups in total. The second-order valence-electron chi connectivity index (χ2n) is 4.76. The summed E-state index contributed by atoms with van der Waals surface area (Å²) in [6.45, 7) is 0.603. The molecular formula is C16H11Cl2NO2. The van der Waals surface area contributed by atoms with Gasteiger partial charge in [0.05, 0.1) is 5.56 Å². The lowest BCUT2D eigenvalue weighted by Crippen LogP contribution is -1.99. The summed E-state index contributed by atoms with van der Waals surface area (Å²) in [4.78, 5) is 11.0. The molecule has 0 atom stereocenters. The third-order valence-electron chi connectivity index (χ3n) is 3.37. The van der Waals surface area contributed by atoms with Crippen LogP contribution in [0, 0.1) is 0 Å². The van der Waals surface area contributed by atoms with Gasteiger partial charge in [-0.05, 0) is 42.0 Å². The Bertz CT molecular complexity index is 839. The Balaban J connectivity index is 1.99. The van der Waals surface area contributed by atoms with E-state index in [-0.39, 0.29) is 5.56 Å². The number of aromatic carboxylic acids is 1. The molecule has 1 aromatic heterocycles. The molecule has 21 heavy (non-hydrogen) atoms. The fourth-order valence-electron chi connectivity index (χ4n) is 2.30. The fourth-order valence-corrected chi connectivity index (χ4v) is 2.77. The van der Waals surface area contributed by atoms with Crippen molar-refractivity contribution in [1.82, 2.24) is 4.57 Å². The molecule has 5 heteroatoms. The number of hydrogen-bond donors (Lipinski definition) is 1. The molecule has 0 aliphatic carbocycles. The van der Waals surface area contributed by atoms with E-state index < -0.39 is 5.97 Å². The van der Waals surface area contributed by atoms with Crippen LogP contribution >= 0.6 is 23.2 Å². The van der Waals surface area contributed by atoms with Gasteiger partial charge >= 0.3 is 5.97 Å². The molecule has 1 heterocycles. The molecule has 0 saturated heterocycles. The second-order valence-corrected chi connectivity index (χ2v) is 5.60. The molecule has 0 radical (unpaired) electrons. The van der Waals surface area contributed by atoms with Crippen molar-refractivity contribution in [2.24, 2.45) is 0 Å². The smallest absolute Gasteiger partial charge is 0.335 e. The zero-order valence-corrected chi connectivity index (χ0v) is 12.4. The Morgan fingerprint density at radius 1 is 1.10 bits per heavy atom. The van der Waals surface area contributed by atoms with E-state index in [9.17, 15) is 4.79 Å². The van der Waals surface area contributed by atoms with E-state index in [1.807, 2.05) is 29.0 Å². The topological polar surface area (TPSA) is 42.2 Å². The van der Waals surface area contributed by atoms with E-state index in [2.05, 4.69) is 0 Å². The summed E-state index contributed by atoms with van der Waals surface area (Å²) in [5.41, 5.74) is 2.21. The van der Waals surface area contributed by atoms with E-state index in [1.54, 1.807) is 24.3 Å². The molecule has 106 valence electrons. The largest absolute Gasteiger partial charge is 0.478 e.